The number of anilines is 1. The van der Waals surface area contributed by atoms with E-state index in [-0.39, 0.29) is 0 Å². The smallest absolute Gasteiger partial charge is 0.205 e. The van der Waals surface area contributed by atoms with E-state index in [0.717, 1.165) is 31.2 Å². The topological polar surface area (TPSA) is 43.8 Å². The predicted molar refractivity (Wildman–Crippen MR) is 85.6 cm³/mol. The predicted octanol–water partition coefficient (Wildman–Crippen LogP) is 4.44. The number of benzene rings is 2. The van der Waals surface area contributed by atoms with E-state index in [9.17, 15) is 0 Å². The third-order valence-electron chi connectivity index (χ3n) is 3.12. The molecule has 3 aromatic rings. The lowest BCUT2D eigenvalue weighted by atomic mass is 10.2. The molecule has 0 saturated carbocycles. The molecule has 0 bridgehead atoms. The van der Waals surface area contributed by atoms with Gasteiger partial charge in [-0.1, -0.05) is 37.9 Å². The lowest BCUT2D eigenvalue weighted by Crippen LogP contribution is -2.02. The van der Waals surface area contributed by atoms with E-state index >= 15 is 0 Å². The largest absolute Gasteiger partial charge is 0.369 e. The first kappa shape index (κ1) is 12.7. The zero-order valence-electron chi connectivity index (χ0n) is 10.2. The monoisotopic (exact) mass is 379 g/mol. The van der Waals surface area contributed by atoms with E-state index in [1.54, 1.807) is 0 Å². The van der Waals surface area contributed by atoms with Gasteiger partial charge in [-0.2, -0.15) is 0 Å². The van der Waals surface area contributed by atoms with Gasteiger partial charge in [0.25, 0.3) is 0 Å². The van der Waals surface area contributed by atoms with E-state index in [1.165, 1.54) is 0 Å². The number of nitrogens with two attached hydrogens (primary N) is 1. The first-order valence-electron chi connectivity index (χ1n) is 5.77. The number of halogens is 2. The van der Waals surface area contributed by atoms with Gasteiger partial charge in [0.15, 0.2) is 0 Å². The van der Waals surface area contributed by atoms with Crippen molar-refractivity contribution in [2.45, 2.75) is 6.92 Å². The van der Waals surface area contributed by atoms with Crippen molar-refractivity contribution in [2.24, 2.45) is 0 Å². The van der Waals surface area contributed by atoms with Gasteiger partial charge in [-0.3, -0.25) is 4.57 Å². The first-order chi connectivity index (χ1) is 9.08. The normalized spacial score (nSPS) is 11.1. The SMILES string of the molecule is Cc1c(Br)cccc1-n1c(N)nc2cc(Br)ccc21. The van der Waals surface area contributed by atoms with Crippen LogP contribution < -0.4 is 5.73 Å². The maximum absolute atomic E-state index is 6.08. The molecule has 2 aromatic carbocycles. The molecule has 1 heterocycles. The fourth-order valence-corrected chi connectivity index (χ4v) is 2.87. The minimum absolute atomic E-state index is 0.495. The highest BCUT2D eigenvalue weighted by Gasteiger charge is 2.12. The van der Waals surface area contributed by atoms with E-state index in [0.29, 0.717) is 5.95 Å². The highest BCUT2D eigenvalue weighted by Crippen LogP contribution is 2.29. The fraction of sp³-hybridized carbons (Fsp3) is 0.0714. The molecule has 0 aliphatic heterocycles. The van der Waals surface area contributed by atoms with Crippen LogP contribution in [0.2, 0.25) is 0 Å². The molecule has 0 aliphatic carbocycles. The number of fused-ring (bicyclic) bond motifs is 1. The standard InChI is InChI=1S/C14H11Br2N3/c1-8-10(16)3-2-4-12(8)19-13-6-5-9(15)7-11(13)18-14(19)17/h2-7H,1H3,(H2,17,18). The van der Waals surface area contributed by atoms with Crippen molar-refractivity contribution in [3.05, 3.63) is 50.9 Å². The van der Waals surface area contributed by atoms with Gasteiger partial charge < -0.3 is 5.73 Å². The summed E-state index contributed by atoms with van der Waals surface area (Å²) in [6.07, 6.45) is 0. The number of aromatic nitrogens is 2. The van der Waals surface area contributed by atoms with E-state index < -0.39 is 0 Å². The number of imidazole rings is 1. The van der Waals surface area contributed by atoms with Gasteiger partial charge in [-0.15, -0.1) is 0 Å². The van der Waals surface area contributed by atoms with E-state index in [4.69, 9.17) is 5.73 Å². The van der Waals surface area contributed by atoms with Crippen LogP contribution in [0.15, 0.2) is 45.3 Å². The zero-order chi connectivity index (χ0) is 13.6. The molecule has 0 fully saturated rings. The highest BCUT2D eigenvalue weighted by molar-refractivity contribution is 9.10. The molecule has 0 spiro atoms. The van der Waals surface area contributed by atoms with Crippen molar-refractivity contribution in [3.63, 3.8) is 0 Å². The molecule has 5 heteroatoms. The van der Waals surface area contributed by atoms with Crippen LogP contribution in [0.3, 0.4) is 0 Å². The molecular formula is C14H11Br2N3. The van der Waals surface area contributed by atoms with Crippen LogP contribution in [0.4, 0.5) is 5.95 Å². The fourth-order valence-electron chi connectivity index (χ4n) is 2.16. The summed E-state index contributed by atoms with van der Waals surface area (Å²) in [6.45, 7) is 2.06. The minimum atomic E-state index is 0.495. The maximum atomic E-state index is 6.08. The maximum Gasteiger partial charge on any atom is 0.205 e. The van der Waals surface area contributed by atoms with Gasteiger partial charge in [0, 0.05) is 8.95 Å². The van der Waals surface area contributed by atoms with Crippen molar-refractivity contribution < 1.29 is 0 Å². The summed E-state index contributed by atoms with van der Waals surface area (Å²) in [7, 11) is 0. The van der Waals surface area contributed by atoms with Crippen LogP contribution in [0, 0.1) is 6.92 Å². The second-order valence-corrected chi connectivity index (χ2v) is 6.09. The van der Waals surface area contributed by atoms with Gasteiger partial charge in [0.2, 0.25) is 5.95 Å². The quantitative estimate of drug-likeness (QED) is 0.678. The Bertz CT molecular complexity index is 778. The van der Waals surface area contributed by atoms with Crippen LogP contribution in [0.1, 0.15) is 5.56 Å². The van der Waals surface area contributed by atoms with Crippen LogP contribution in [0.5, 0.6) is 0 Å². The number of hydrogen-bond donors (Lipinski definition) is 1. The van der Waals surface area contributed by atoms with Gasteiger partial charge in [-0.25, -0.2) is 4.98 Å². The molecular weight excluding hydrogens is 370 g/mol. The molecule has 0 aliphatic rings. The molecule has 96 valence electrons. The van der Waals surface area contributed by atoms with Crippen molar-refractivity contribution >= 4 is 48.8 Å². The van der Waals surface area contributed by atoms with Crippen molar-refractivity contribution in [3.8, 4) is 5.69 Å². The van der Waals surface area contributed by atoms with Crippen molar-refractivity contribution in [2.75, 3.05) is 5.73 Å². The van der Waals surface area contributed by atoms with Gasteiger partial charge in [-0.05, 0) is 42.8 Å². The molecule has 1 aromatic heterocycles. The second-order valence-electron chi connectivity index (χ2n) is 4.32. The molecule has 0 unspecified atom stereocenters. The molecule has 0 amide bonds. The zero-order valence-corrected chi connectivity index (χ0v) is 13.4. The van der Waals surface area contributed by atoms with Crippen LogP contribution in [-0.2, 0) is 0 Å². The summed E-state index contributed by atoms with van der Waals surface area (Å²) in [6, 6.07) is 12.0. The van der Waals surface area contributed by atoms with Gasteiger partial charge in [0.1, 0.15) is 0 Å². The van der Waals surface area contributed by atoms with Crippen molar-refractivity contribution in [1.29, 1.82) is 0 Å². The average Bonchev–Trinajstić information content (AvgIpc) is 2.68. The summed E-state index contributed by atoms with van der Waals surface area (Å²) >= 11 is 7.00. The Labute approximate surface area is 127 Å². The molecule has 3 nitrogen and oxygen atoms in total. The molecule has 3 rings (SSSR count). The average molecular weight is 381 g/mol. The molecule has 19 heavy (non-hydrogen) atoms. The Morgan fingerprint density at radius 3 is 2.74 bits per heavy atom. The van der Waals surface area contributed by atoms with E-state index in [1.807, 2.05) is 41.0 Å². The Morgan fingerprint density at radius 2 is 1.95 bits per heavy atom. The summed E-state index contributed by atoms with van der Waals surface area (Å²) < 4.78 is 4.03. The number of hydrogen-bond acceptors (Lipinski definition) is 2. The summed E-state index contributed by atoms with van der Waals surface area (Å²) in [5, 5.41) is 0. The molecule has 0 saturated heterocycles. The Morgan fingerprint density at radius 1 is 1.16 bits per heavy atom. The highest BCUT2D eigenvalue weighted by atomic mass is 79.9. The van der Waals surface area contributed by atoms with Crippen LogP contribution in [0.25, 0.3) is 16.7 Å². The first-order valence-corrected chi connectivity index (χ1v) is 7.35. The molecule has 0 radical (unpaired) electrons. The Kier molecular flexibility index (Phi) is 3.11. The Hall–Kier alpha value is -1.33. The van der Waals surface area contributed by atoms with E-state index in [2.05, 4.69) is 43.8 Å². The summed E-state index contributed by atoms with van der Waals surface area (Å²) in [5.74, 6) is 0.495. The van der Waals surface area contributed by atoms with Crippen molar-refractivity contribution in [1.82, 2.24) is 9.55 Å². The minimum Gasteiger partial charge on any atom is -0.369 e. The van der Waals surface area contributed by atoms with Gasteiger partial charge in [0.05, 0.1) is 16.7 Å². The summed E-state index contributed by atoms with van der Waals surface area (Å²) in [4.78, 5) is 4.42. The Balaban J connectivity index is 2.36. The lowest BCUT2D eigenvalue weighted by molar-refractivity contribution is 1.09. The molecule has 2 N–H and O–H groups in total. The van der Waals surface area contributed by atoms with Crippen LogP contribution in [-0.4, -0.2) is 9.55 Å². The van der Waals surface area contributed by atoms with Gasteiger partial charge >= 0.3 is 0 Å². The molecule has 0 atom stereocenters. The lowest BCUT2D eigenvalue weighted by Gasteiger charge is -2.11. The second kappa shape index (κ2) is 4.65. The summed E-state index contributed by atoms with van der Waals surface area (Å²) in [5.41, 5.74) is 10.1. The number of nitrogen functional groups attached to an aromatic ring is 1. The number of rotatable bonds is 1. The third-order valence-corrected chi connectivity index (χ3v) is 4.47. The van der Waals surface area contributed by atoms with Crippen LogP contribution >= 0.6 is 31.9 Å². The third kappa shape index (κ3) is 2.07. The number of nitrogens with zero attached hydrogens (tertiary/aromatic N) is 2.